The average molecular weight is 383 g/mol. The van der Waals surface area contributed by atoms with Gasteiger partial charge in [-0.25, -0.2) is 4.68 Å². The van der Waals surface area contributed by atoms with Gasteiger partial charge < -0.3 is 15.0 Å². The van der Waals surface area contributed by atoms with Crippen LogP contribution in [0.25, 0.3) is 5.69 Å². The fourth-order valence-corrected chi connectivity index (χ4v) is 4.39. The van der Waals surface area contributed by atoms with Gasteiger partial charge in [-0.15, -0.1) is 5.10 Å². The van der Waals surface area contributed by atoms with Crippen molar-refractivity contribution in [3.63, 3.8) is 0 Å². The molecule has 2 unspecified atom stereocenters. The van der Waals surface area contributed by atoms with Crippen LogP contribution in [-0.4, -0.2) is 57.1 Å². The maximum absolute atomic E-state index is 13.1. The first kappa shape index (κ1) is 18.9. The Hall–Kier alpha value is -2.41. The molecule has 2 bridgehead atoms. The topological polar surface area (TPSA) is 72.3 Å². The standard InChI is InChI=1S/C21H29N5O2/c1-13(2)28-19-9-7-17(8-10-19)26-14(3)20(23-24-26)21(27)25(4)18-11-15-5-6-16(12-18)22-15/h7-10,13,15-16,18,22H,5-6,11-12H2,1-4H3. The minimum Gasteiger partial charge on any atom is -0.491 e. The lowest BCUT2D eigenvalue weighted by atomic mass is 9.98. The number of carbonyl (C=O) groups excluding carboxylic acids is 1. The largest absolute Gasteiger partial charge is 0.491 e. The van der Waals surface area contributed by atoms with Crippen LogP contribution in [0.4, 0.5) is 0 Å². The first-order valence-corrected chi connectivity index (χ1v) is 10.1. The maximum Gasteiger partial charge on any atom is 0.276 e. The smallest absolute Gasteiger partial charge is 0.276 e. The summed E-state index contributed by atoms with van der Waals surface area (Å²) in [5.74, 6) is 0.767. The van der Waals surface area contributed by atoms with Gasteiger partial charge in [0.05, 0.1) is 17.5 Å². The molecular weight excluding hydrogens is 354 g/mol. The summed E-state index contributed by atoms with van der Waals surface area (Å²) in [4.78, 5) is 15.0. The van der Waals surface area contributed by atoms with Crippen LogP contribution < -0.4 is 10.1 Å². The van der Waals surface area contributed by atoms with Gasteiger partial charge in [0.1, 0.15) is 5.75 Å². The number of nitrogens with zero attached hydrogens (tertiary/aromatic N) is 4. The number of amides is 1. The van der Waals surface area contributed by atoms with Gasteiger partial charge in [0.15, 0.2) is 5.69 Å². The molecular formula is C21H29N5O2. The Kier molecular flexibility index (Phi) is 5.10. The van der Waals surface area contributed by atoms with Crippen molar-refractivity contribution in [3.05, 3.63) is 35.7 Å². The first-order valence-electron chi connectivity index (χ1n) is 10.1. The van der Waals surface area contributed by atoms with E-state index in [1.54, 1.807) is 4.68 Å². The average Bonchev–Trinajstić information content (AvgIpc) is 3.22. The molecule has 1 aromatic carbocycles. The van der Waals surface area contributed by atoms with Gasteiger partial charge in [-0.2, -0.15) is 0 Å². The molecule has 2 saturated heterocycles. The summed E-state index contributed by atoms with van der Waals surface area (Å²) in [7, 11) is 1.90. The number of benzene rings is 1. The van der Waals surface area contributed by atoms with Gasteiger partial charge in [0.25, 0.3) is 5.91 Å². The van der Waals surface area contributed by atoms with Crippen molar-refractivity contribution in [1.82, 2.24) is 25.2 Å². The van der Waals surface area contributed by atoms with Crippen molar-refractivity contribution in [2.75, 3.05) is 7.05 Å². The third kappa shape index (κ3) is 3.63. The van der Waals surface area contributed by atoms with Crippen molar-refractivity contribution in [2.24, 2.45) is 0 Å². The highest BCUT2D eigenvalue weighted by Gasteiger charge is 2.37. The fraction of sp³-hybridized carbons (Fsp3) is 0.571. The normalized spacial score (nSPS) is 23.8. The van der Waals surface area contributed by atoms with Crippen LogP contribution in [0.15, 0.2) is 24.3 Å². The zero-order valence-corrected chi connectivity index (χ0v) is 17.1. The highest BCUT2D eigenvalue weighted by molar-refractivity contribution is 5.93. The van der Waals surface area contributed by atoms with Crippen molar-refractivity contribution in [3.8, 4) is 11.4 Å². The summed E-state index contributed by atoms with van der Waals surface area (Å²) >= 11 is 0. The number of hydrogen-bond acceptors (Lipinski definition) is 5. The lowest BCUT2D eigenvalue weighted by molar-refractivity contribution is 0.0675. The Morgan fingerprint density at radius 3 is 2.46 bits per heavy atom. The third-order valence-corrected chi connectivity index (χ3v) is 5.87. The second kappa shape index (κ2) is 7.54. The van der Waals surface area contributed by atoms with Gasteiger partial charge in [0, 0.05) is 25.2 Å². The van der Waals surface area contributed by atoms with E-state index in [9.17, 15) is 4.79 Å². The van der Waals surface area contributed by atoms with Gasteiger partial charge in [-0.1, -0.05) is 5.21 Å². The van der Waals surface area contributed by atoms with Crippen LogP contribution in [0, 0.1) is 6.92 Å². The SMILES string of the molecule is Cc1c(C(=O)N(C)C2CC3CCC(C2)N3)nnn1-c1ccc(OC(C)C)cc1. The van der Waals surface area contributed by atoms with E-state index < -0.39 is 0 Å². The number of rotatable bonds is 5. The number of piperidine rings is 1. The molecule has 28 heavy (non-hydrogen) atoms. The van der Waals surface area contributed by atoms with Crippen LogP contribution in [0.2, 0.25) is 0 Å². The predicted molar refractivity (Wildman–Crippen MR) is 107 cm³/mol. The molecule has 1 N–H and O–H groups in total. The molecule has 7 nitrogen and oxygen atoms in total. The summed E-state index contributed by atoms with van der Waals surface area (Å²) in [6, 6.07) is 9.04. The molecule has 150 valence electrons. The zero-order chi connectivity index (χ0) is 19.8. The Morgan fingerprint density at radius 1 is 1.21 bits per heavy atom. The van der Waals surface area contributed by atoms with E-state index in [-0.39, 0.29) is 18.1 Å². The minimum atomic E-state index is -0.0465. The number of carbonyl (C=O) groups is 1. The van der Waals surface area contributed by atoms with E-state index in [0.29, 0.717) is 17.8 Å². The molecule has 3 heterocycles. The molecule has 2 aliphatic rings. The number of aromatic nitrogens is 3. The molecule has 2 atom stereocenters. The second-order valence-electron chi connectivity index (χ2n) is 8.27. The van der Waals surface area contributed by atoms with Crippen molar-refractivity contribution in [1.29, 1.82) is 0 Å². The van der Waals surface area contributed by atoms with Crippen molar-refractivity contribution < 1.29 is 9.53 Å². The Morgan fingerprint density at radius 2 is 1.86 bits per heavy atom. The van der Waals surface area contributed by atoms with Crippen LogP contribution >= 0.6 is 0 Å². The van der Waals surface area contributed by atoms with Gasteiger partial charge in [0.2, 0.25) is 0 Å². The minimum absolute atomic E-state index is 0.0465. The molecule has 4 rings (SSSR count). The number of nitrogens with one attached hydrogen (secondary N) is 1. The highest BCUT2D eigenvalue weighted by atomic mass is 16.5. The molecule has 0 spiro atoms. The molecule has 0 radical (unpaired) electrons. The summed E-state index contributed by atoms with van der Waals surface area (Å²) in [5, 5.41) is 12.1. The molecule has 0 saturated carbocycles. The van der Waals surface area contributed by atoms with Crippen molar-refractivity contribution >= 4 is 5.91 Å². The second-order valence-corrected chi connectivity index (χ2v) is 8.27. The summed E-state index contributed by atoms with van der Waals surface area (Å²) in [6.45, 7) is 5.89. The fourth-order valence-electron chi connectivity index (χ4n) is 4.39. The molecule has 2 aliphatic heterocycles. The van der Waals surface area contributed by atoms with Crippen molar-refractivity contribution in [2.45, 2.75) is 70.7 Å². The van der Waals surface area contributed by atoms with E-state index >= 15 is 0 Å². The maximum atomic E-state index is 13.1. The summed E-state index contributed by atoms with van der Waals surface area (Å²) in [5.41, 5.74) is 2.05. The van der Waals surface area contributed by atoms with Gasteiger partial charge in [-0.05, 0) is 70.7 Å². The first-order chi connectivity index (χ1) is 13.4. The molecule has 1 amide bonds. The van der Waals surface area contributed by atoms with E-state index in [1.165, 1.54) is 12.8 Å². The Balaban J connectivity index is 1.50. The van der Waals surface area contributed by atoms with Crippen LogP contribution in [-0.2, 0) is 0 Å². The zero-order valence-electron chi connectivity index (χ0n) is 17.1. The molecule has 2 aromatic rings. The number of hydrogen-bond donors (Lipinski definition) is 1. The summed E-state index contributed by atoms with van der Waals surface area (Å²) in [6.07, 6.45) is 4.60. The lowest BCUT2D eigenvalue weighted by Crippen LogP contribution is -2.48. The van der Waals surface area contributed by atoms with E-state index in [4.69, 9.17) is 4.74 Å². The molecule has 0 aliphatic carbocycles. The van der Waals surface area contributed by atoms with Gasteiger partial charge >= 0.3 is 0 Å². The Bertz CT molecular complexity index is 833. The quantitative estimate of drug-likeness (QED) is 0.859. The Labute approximate surface area is 166 Å². The number of ether oxygens (including phenoxy) is 1. The molecule has 2 fully saturated rings. The monoisotopic (exact) mass is 383 g/mol. The molecule has 1 aromatic heterocycles. The predicted octanol–water partition coefficient (Wildman–Crippen LogP) is 2.72. The third-order valence-electron chi connectivity index (χ3n) is 5.87. The summed E-state index contributed by atoms with van der Waals surface area (Å²) < 4.78 is 7.40. The van der Waals surface area contributed by atoms with Crippen LogP contribution in [0.5, 0.6) is 5.75 Å². The van der Waals surface area contributed by atoms with E-state index in [0.717, 1.165) is 30.0 Å². The van der Waals surface area contributed by atoms with Crippen LogP contribution in [0.1, 0.15) is 55.7 Å². The number of fused-ring (bicyclic) bond motifs is 2. The van der Waals surface area contributed by atoms with E-state index in [2.05, 4.69) is 15.6 Å². The molecule has 7 heteroatoms. The van der Waals surface area contributed by atoms with Gasteiger partial charge in [-0.3, -0.25) is 4.79 Å². The highest BCUT2D eigenvalue weighted by Crippen LogP contribution is 2.30. The lowest BCUT2D eigenvalue weighted by Gasteiger charge is -2.35. The van der Waals surface area contributed by atoms with E-state index in [1.807, 2.05) is 57.0 Å². The van der Waals surface area contributed by atoms with Crippen LogP contribution in [0.3, 0.4) is 0 Å².